The maximum atomic E-state index is 13.3. The first-order valence-electron chi connectivity index (χ1n) is 8.36. The van der Waals surface area contributed by atoms with Gasteiger partial charge in [-0.3, -0.25) is 4.74 Å². The molecule has 12 heteroatoms. The van der Waals surface area contributed by atoms with Crippen LogP contribution >= 0.6 is 0 Å². The summed E-state index contributed by atoms with van der Waals surface area (Å²) < 4.78 is 79.9. The molecule has 2 N–H and O–H groups in total. The molecule has 0 aliphatic rings. The average molecular weight is 412 g/mol. The molecule has 0 amide bonds. The first-order chi connectivity index (χ1) is 12.7. The van der Waals surface area contributed by atoms with Crippen LogP contribution in [-0.2, 0) is 28.4 Å². The van der Waals surface area contributed by atoms with E-state index in [9.17, 15) is 22.7 Å². The molecule has 0 saturated heterocycles. The summed E-state index contributed by atoms with van der Waals surface area (Å²) in [5, 5.41) is 17.9. The Kier molecular flexibility index (Phi) is 15.0. The Morgan fingerprint density at radius 2 is 1.33 bits per heavy atom. The molecule has 0 spiro atoms. The van der Waals surface area contributed by atoms with Crippen LogP contribution < -0.4 is 0 Å². The van der Waals surface area contributed by atoms with E-state index in [0.29, 0.717) is 6.42 Å². The molecule has 0 saturated carbocycles. The topological polar surface area (TPSA) is 95.8 Å². The molecule has 0 rings (SSSR count). The SMILES string of the molecule is CCCOCC(F)(F)OC(F)(F)COCOCCOCC(O)COCCO. The summed E-state index contributed by atoms with van der Waals surface area (Å²) in [6.07, 6.45) is -8.77. The number of hydrogen-bond donors (Lipinski definition) is 2. The maximum absolute atomic E-state index is 13.3. The van der Waals surface area contributed by atoms with E-state index in [-0.39, 0.29) is 46.2 Å². The van der Waals surface area contributed by atoms with Gasteiger partial charge in [0.15, 0.2) is 0 Å². The van der Waals surface area contributed by atoms with E-state index in [4.69, 9.17) is 19.3 Å². The van der Waals surface area contributed by atoms with Crippen molar-refractivity contribution in [3.63, 3.8) is 0 Å². The van der Waals surface area contributed by atoms with Gasteiger partial charge in [0.05, 0.1) is 39.6 Å². The van der Waals surface area contributed by atoms with Gasteiger partial charge in [0.2, 0.25) is 0 Å². The van der Waals surface area contributed by atoms with Crippen LogP contribution in [0.25, 0.3) is 0 Å². The van der Waals surface area contributed by atoms with Crippen molar-refractivity contribution >= 4 is 0 Å². The molecule has 0 aromatic carbocycles. The molecule has 1 unspecified atom stereocenters. The van der Waals surface area contributed by atoms with Crippen LogP contribution in [0.2, 0.25) is 0 Å². The van der Waals surface area contributed by atoms with Gasteiger partial charge in [-0.2, -0.15) is 17.6 Å². The summed E-state index contributed by atoms with van der Waals surface area (Å²) in [6.45, 7) is -1.69. The Balaban J connectivity index is 3.67. The third-order valence-electron chi connectivity index (χ3n) is 2.58. The van der Waals surface area contributed by atoms with Crippen molar-refractivity contribution in [3.8, 4) is 0 Å². The predicted molar refractivity (Wildman–Crippen MR) is 83.6 cm³/mol. The average Bonchev–Trinajstić information content (AvgIpc) is 2.56. The standard InChI is InChI=1S/C15H28F4O8/c1-2-4-24-10-14(16,17)27-15(18,19)11-26-12-25-7-6-23-9-13(21)8-22-5-3-20/h13,20-21H,2-12H2,1H3. The summed E-state index contributed by atoms with van der Waals surface area (Å²) in [5.74, 6) is 0. The molecule has 0 aliphatic carbocycles. The maximum Gasteiger partial charge on any atom is 0.383 e. The summed E-state index contributed by atoms with van der Waals surface area (Å²) in [5.41, 5.74) is 0. The third-order valence-corrected chi connectivity index (χ3v) is 2.58. The highest BCUT2D eigenvalue weighted by atomic mass is 19.3. The second kappa shape index (κ2) is 15.3. The number of aliphatic hydroxyl groups excluding tert-OH is 2. The summed E-state index contributed by atoms with van der Waals surface area (Å²) in [6, 6.07) is 0. The van der Waals surface area contributed by atoms with Crippen molar-refractivity contribution in [1.29, 1.82) is 0 Å². The smallest absolute Gasteiger partial charge is 0.383 e. The highest BCUT2D eigenvalue weighted by molar-refractivity contribution is 4.58. The minimum Gasteiger partial charge on any atom is -0.394 e. The van der Waals surface area contributed by atoms with Crippen molar-refractivity contribution < 1.29 is 56.2 Å². The first-order valence-corrected chi connectivity index (χ1v) is 8.36. The minimum atomic E-state index is -4.21. The van der Waals surface area contributed by atoms with Gasteiger partial charge in [-0.05, 0) is 6.42 Å². The number of halogens is 4. The molecule has 27 heavy (non-hydrogen) atoms. The Morgan fingerprint density at radius 3 is 1.93 bits per heavy atom. The van der Waals surface area contributed by atoms with E-state index in [1.165, 1.54) is 0 Å². The van der Waals surface area contributed by atoms with Crippen LogP contribution in [0.15, 0.2) is 0 Å². The minimum absolute atomic E-state index is 0.00362. The largest absolute Gasteiger partial charge is 0.394 e. The molecule has 0 fully saturated rings. The number of alkyl halides is 4. The molecule has 0 bridgehead atoms. The Morgan fingerprint density at radius 1 is 0.778 bits per heavy atom. The lowest BCUT2D eigenvalue weighted by Gasteiger charge is -2.23. The first kappa shape index (κ1) is 26.4. The zero-order chi connectivity index (χ0) is 20.6. The molecule has 0 radical (unpaired) electrons. The lowest BCUT2D eigenvalue weighted by molar-refractivity contribution is -0.395. The number of rotatable bonds is 19. The van der Waals surface area contributed by atoms with Crippen LogP contribution in [-0.4, -0.2) is 94.8 Å². The van der Waals surface area contributed by atoms with E-state index < -0.39 is 38.3 Å². The van der Waals surface area contributed by atoms with Crippen molar-refractivity contribution in [2.75, 3.05) is 66.3 Å². The lowest BCUT2D eigenvalue weighted by Crippen LogP contribution is -2.39. The Labute approximate surface area is 155 Å². The fourth-order valence-corrected chi connectivity index (χ4v) is 1.56. The second-order valence-corrected chi connectivity index (χ2v) is 5.33. The van der Waals surface area contributed by atoms with Gasteiger partial charge >= 0.3 is 12.2 Å². The van der Waals surface area contributed by atoms with Crippen molar-refractivity contribution in [2.24, 2.45) is 0 Å². The van der Waals surface area contributed by atoms with E-state index >= 15 is 0 Å². The molecular weight excluding hydrogens is 384 g/mol. The normalized spacial score (nSPS) is 13.9. The summed E-state index contributed by atoms with van der Waals surface area (Å²) >= 11 is 0. The Hall–Kier alpha value is -0.600. The molecule has 1 atom stereocenters. The van der Waals surface area contributed by atoms with Gasteiger partial charge in [0, 0.05) is 6.61 Å². The molecule has 0 aromatic heterocycles. The van der Waals surface area contributed by atoms with Crippen LogP contribution in [0.3, 0.4) is 0 Å². The Bertz CT molecular complexity index is 350. The molecule has 0 aliphatic heterocycles. The van der Waals surface area contributed by atoms with Gasteiger partial charge in [0.1, 0.15) is 26.1 Å². The zero-order valence-corrected chi connectivity index (χ0v) is 15.2. The van der Waals surface area contributed by atoms with Crippen molar-refractivity contribution in [3.05, 3.63) is 0 Å². The quantitative estimate of drug-likeness (QED) is 0.184. The molecule has 0 heterocycles. The van der Waals surface area contributed by atoms with Crippen LogP contribution in [0.4, 0.5) is 17.6 Å². The lowest BCUT2D eigenvalue weighted by atomic mass is 10.4. The van der Waals surface area contributed by atoms with E-state index in [1.807, 2.05) is 0 Å². The highest BCUT2D eigenvalue weighted by Crippen LogP contribution is 2.27. The zero-order valence-electron chi connectivity index (χ0n) is 15.2. The van der Waals surface area contributed by atoms with Crippen molar-refractivity contribution in [1.82, 2.24) is 0 Å². The van der Waals surface area contributed by atoms with Gasteiger partial charge in [-0.1, -0.05) is 6.92 Å². The van der Waals surface area contributed by atoms with Crippen LogP contribution in [0.1, 0.15) is 13.3 Å². The fraction of sp³-hybridized carbons (Fsp3) is 1.00. The monoisotopic (exact) mass is 412 g/mol. The summed E-state index contributed by atoms with van der Waals surface area (Å²) in [4.78, 5) is 0. The number of ether oxygens (including phenoxy) is 6. The molecular formula is C15H28F4O8. The number of aliphatic hydroxyl groups is 2. The van der Waals surface area contributed by atoms with Crippen molar-refractivity contribution in [2.45, 2.75) is 31.7 Å². The van der Waals surface area contributed by atoms with Gasteiger partial charge < -0.3 is 33.9 Å². The van der Waals surface area contributed by atoms with E-state index in [2.05, 4.69) is 14.2 Å². The highest BCUT2D eigenvalue weighted by Gasteiger charge is 2.44. The van der Waals surface area contributed by atoms with Gasteiger partial charge in [-0.15, -0.1) is 0 Å². The second-order valence-electron chi connectivity index (χ2n) is 5.33. The van der Waals surface area contributed by atoms with Crippen LogP contribution in [0, 0.1) is 0 Å². The molecule has 8 nitrogen and oxygen atoms in total. The van der Waals surface area contributed by atoms with E-state index in [0.717, 1.165) is 0 Å². The van der Waals surface area contributed by atoms with E-state index in [1.54, 1.807) is 6.92 Å². The fourth-order valence-electron chi connectivity index (χ4n) is 1.56. The predicted octanol–water partition coefficient (Wildman–Crippen LogP) is 0.992. The van der Waals surface area contributed by atoms with Gasteiger partial charge in [-0.25, -0.2) is 0 Å². The molecule has 164 valence electrons. The third kappa shape index (κ3) is 17.2. The number of hydrogen-bond acceptors (Lipinski definition) is 8. The molecule has 0 aromatic rings. The summed E-state index contributed by atoms with van der Waals surface area (Å²) in [7, 11) is 0. The van der Waals surface area contributed by atoms with Gasteiger partial charge in [0.25, 0.3) is 0 Å². The van der Waals surface area contributed by atoms with Crippen LogP contribution in [0.5, 0.6) is 0 Å².